The number of ether oxygens (including phenoxy) is 1. The van der Waals surface area contributed by atoms with Gasteiger partial charge in [0.05, 0.1) is 11.7 Å². The van der Waals surface area contributed by atoms with Crippen LogP contribution in [0.25, 0.3) is 11.4 Å². The zero-order chi connectivity index (χ0) is 15.4. The average molecular weight is 290 g/mol. The highest BCUT2D eigenvalue weighted by Crippen LogP contribution is 2.31. The summed E-state index contributed by atoms with van der Waals surface area (Å²) in [6.45, 7) is 1.87. The third-order valence-electron chi connectivity index (χ3n) is 2.83. The van der Waals surface area contributed by atoms with Crippen molar-refractivity contribution < 1.29 is 14.1 Å². The molecule has 112 valence electrons. The Kier molecular flexibility index (Phi) is 4.54. The lowest BCUT2D eigenvalue weighted by Gasteiger charge is -2.19. The Hall–Kier alpha value is -2.41. The molecule has 0 aliphatic rings. The molecule has 0 aliphatic carbocycles. The van der Waals surface area contributed by atoms with Gasteiger partial charge in [0.15, 0.2) is 0 Å². The Balaban J connectivity index is 2.28. The smallest absolute Gasteiger partial charge is 0.223 e. The Morgan fingerprint density at radius 2 is 2.24 bits per heavy atom. The van der Waals surface area contributed by atoms with Crippen LogP contribution in [0.15, 0.2) is 22.7 Å². The van der Waals surface area contributed by atoms with E-state index in [1.807, 2.05) is 31.1 Å². The number of carbonyl (C=O) groups is 1. The second-order valence-electron chi connectivity index (χ2n) is 4.82. The molecule has 1 atom stereocenters. The number of aldehydes is 1. The van der Waals surface area contributed by atoms with Gasteiger partial charge in [0.1, 0.15) is 18.6 Å². The lowest BCUT2D eigenvalue weighted by atomic mass is 10.1. The summed E-state index contributed by atoms with van der Waals surface area (Å²) in [5, 5.41) is 3.89. The Morgan fingerprint density at radius 1 is 1.48 bits per heavy atom. The predicted molar refractivity (Wildman–Crippen MR) is 78.3 cm³/mol. The van der Waals surface area contributed by atoms with Gasteiger partial charge in [0.25, 0.3) is 0 Å². The molecular weight excluding hydrogens is 272 g/mol. The Bertz CT molecular complexity index is 624. The number of anilines is 1. The van der Waals surface area contributed by atoms with E-state index >= 15 is 0 Å². The highest BCUT2D eigenvalue weighted by atomic mass is 16.5. The molecule has 2 aromatic rings. The topological polar surface area (TPSA) is 94.5 Å². The minimum absolute atomic E-state index is 0.130. The molecule has 1 aromatic heterocycles. The van der Waals surface area contributed by atoms with Gasteiger partial charge in [-0.3, -0.25) is 0 Å². The van der Waals surface area contributed by atoms with Gasteiger partial charge in [0, 0.05) is 26.6 Å². The molecule has 0 radical (unpaired) electrons. The first-order valence-electron chi connectivity index (χ1n) is 6.47. The van der Waals surface area contributed by atoms with E-state index in [1.165, 1.54) is 0 Å². The van der Waals surface area contributed by atoms with Crippen LogP contribution < -0.4 is 15.4 Å². The fraction of sp³-hybridized carbons (Fsp3) is 0.357. The molecule has 2 rings (SSSR count). The number of nitrogens with two attached hydrogens (primary N) is 1. The van der Waals surface area contributed by atoms with Crippen LogP contribution in [0.1, 0.15) is 5.89 Å². The van der Waals surface area contributed by atoms with Crippen LogP contribution in [0.2, 0.25) is 0 Å². The van der Waals surface area contributed by atoms with E-state index in [0.29, 0.717) is 23.8 Å². The standard InChI is InChI=1S/C14H18N4O3/c1-9-16-14(17-21-9)10-4-5-13(12(6-10)18(2)3)20-8-11(15)7-19/h4-7,11H,8,15H2,1-3H3/t11-/m1/s1. The lowest BCUT2D eigenvalue weighted by molar-refractivity contribution is -0.109. The zero-order valence-corrected chi connectivity index (χ0v) is 12.2. The third kappa shape index (κ3) is 3.57. The molecule has 0 bridgehead atoms. The summed E-state index contributed by atoms with van der Waals surface area (Å²) in [6.07, 6.45) is 0.659. The summed E-state index contributed by atoms with van der Waals surface area (Å²) in [5.74, 6) is 1.67. The van der Waals surface area contributed by atoms with Crippen molar-refractivity contribution in [2.75, 3.05) is 25.6 Å². The molecule has 0 saturated carbocycles. The third-order valence-corrected chi connectivity index (χ3v) is 2.83. The first-order valence-corrected chi connectivity index (χ1v) is 6.47. The second-order valence-corrected chi connectivity index (χ2v) is 4.82. The largest absolute Gasteiger partial charge is 0.489 e. The van der Waals surface area contributed by atoms with Gasteiger partial charge in [-0.25, -0.2) is 0 Å². The molecule has 0 unspecified atom stereocenters. The molecule has 0 spiro atoms. The molecule has 0 fully saturated rings. The van der Waals surface area contributed by atoms with E-state index in [2.05, 4.69) is 10.1 Å². The number of aromatic nitrogens is 2. The number of carbonyl (C=O) groups excluding carboxylic acids is 1. The first kappa shape index (κ1) is 15.0. The number of rotatable bonds is 6. The average Bonchev–Trinajstić information content (AvgIpc) is 2.91. The molecule has 21 heavy (non-hydrogen) atoms. The van der Waals surface area contributed by atoms with Crippen molar-refractivity contribution >= 4 is 12.0 Å². The van der Waals surface area contributed by atoms with Crippen LogP contribution in [-0.4, -0.2) is 43.2 Å². The maximum absolute atomic E-state index is 10.5. The van der Waals surface area contributed by atoms with Crippen LogP contribution in [0.3, 0.4) is 0 Å². The Morgan fingerprint density at radius 3 is 2.81 bits per heavy atom. The zero-order valence-electron chi connectivity index (χ0n) is 12.2. The molecule has 7 heteroatoms. The Labute approximate surface area is 122 Å². The van der Waals surface area contributed by atoms with Crippen molar-refractivity contribution in [3.8, 4) is 17.1 Å². The van der Waals surface area contributed by atoms with E-state index in [-0.39, 0.29) is 6.61 Å². The monoisotopic (exact) mass is 290 g/mol. The first-order chi connectivity index (χ1) is 10.0. The van der Waals surface area contributed by atoms with Gasteiger partial charge in [-0.15, -0.1) is 0 Å². The van der Waals surface area contributed by atoms with Gasteiger partial charge >= 0.3 is 0 Å². The number of hydrogen-bond donors (Lipinski definition) is 1. The molecule has 2 N–H and O–H groups in total. The SMILES string of the molecule is Cc1nc(-c2ccc(OC[C@H](N)C=O)c(N(C)C)c2)no1. The maximum atomic E-state index is 10.5. The second kappa shape index (κ2) is 6.36. The molecular formula is C14H18N4O3. The van der Waals surface area contributed by atoms with Crippen LogP contribution in [0, 0.1) is 6.92 Å². The van der Waals surface area contributed by atoms with Crippen LogP contribution >= 0.6 is 0 Å². The summed E-state index contributed by atoms with van der Waals surface area (Å²) in [7, 11) is 3.79. The van der Waals surface area contributed by atoms with Gasteiger partial charge in [-0.1, -0.05) is 5.16 Å². The minimum atomic E-state index is -0.639. The van der Waals surface area contributed by atoms with Gasteiger partial charge in [-0.05, 0) is 18.2 Å². The summed E-state index contributed by atoms with van der Waals surface area (Å²) < 4.78 is 10.6. The molecule has 0 saturated heterocycles. The number of hydrogen-bond acceptors (Lipinski definition) is 7. The number of nitrogens with zero attached hydrogens (tertiary/aromatic N) is 3. The minimum Gasteiger partial charge on any atom is -0.489 e. The van der Waals surface area contributed by atoms with Crippen molar-refractivity contribution in [1.82, 2.24) is 10.1 Å². The fourth-order valence-corrected chi connectivity index (χ4v) is 1.77. The van der Waals surface area contributed by atoms with E-state index in [4.69, 9.17) is 15.0 Å². The van der Waals surface area contributed by atoms with Crippen LogP contribution in [0.5, 0.6) is 5.75 Å². The van der Waals surface area contributed by atoms with Crippen molar-refractivity contribution in [3.05, 3.63) is 24.1 Å². The van der Waals surface area contributed by atoms with E-state index < -0.39 is 6.04 Å². The predicted octanol–water partition coefficient (Wildman–Crippen LogP) is 1.02. The highest BCUT2D eigenvalue weighted by Gasteiger charge is 2.13. The normalized spacial score (nSPS) is 12.0. The fourth-order valence-electron chi connectivity index (χ4n) is 1.77. The summed E-state index contributed by atoms with van der Waals surface area (Å²) >= 11 is 0. The summed E-state index contributed by atoms with van der Waals surface area (Å²) in [5.41, 5.74) is 7.19. The van der Waals surface area contributed by atoms with Crippen LogP contribution in [0.4, 0.5) is 5.69 Å². The molecule has 7 nitrogen and oxygen atoms in total. The van der Waals surface area contributed by atoms with Gasteiger partial charge < -0.3 is 24.7 Å². The van der Waals surface area contributed by atoms with E-state index in [1.54, 1.807) is 13.0 Å². The summed E-state index contributed by atoms with van der Waals surface area (Å²) in [6, 6.07) is 4.89. The number of benzene rings is 1. The quantitative estimate of drug-likeness (QED) is 0.793. The highest BCUT2D eigenvalue weighted by molar-refractivity contribution is 5.68. The number of aryl methyl sites for hydroxylation is 1. The molecule has 0 aliphatic heterocycles. The molecule has 1 heterocycles. The lowest BCUT2D eigenvalue weighted by Crippen LogP contribution is -2.29. The maximum Gasteiger partial charge on any atom is 0.223 e. The van der Waals surface area contributed by atoms with Gasteiger partial charge in [-0.2, -0.15) is 4.98 Å². The van der Waals surface area contributed by atoms with Crippen LogP contribution in [-0.2, 0) is 4.79 Å². The van der Waals surface area contributed by atoms with Crippen molar-refractivity contribution in [1.29, 1.82) is 0 Å². The van der Waals surface area contributed by atoms with E-state index in [9.17, 15) is 4.79 Å². The van der Waals surface area contributed by atoms with Crippen molar-refractivity contribution in [2.24, 2.45) is 5.73 Å². The van der Waals surface area contributed by atoms with Crippen molar-refractivity contribution in [2.45, 2.75) is 13.0 Å². The molecule has 1 aromatic carbocycles. The van der Waals surface area contributed by atoms with E-state index in [0.717, 1.165) is 11.3 Å². The summed E-state index contributed by atoms with van der Waals surface area (Å²) in [4.78, 5) is 16.6. The van der Waals surface area contributed by atoms with Crippen molar-refractivity contribution in [3.63, 3.8) is 0 Å². The molecule has 0 amide bonds. The van der Waals surface area contributed by atoms with Gasteiger partial charge in [0.2, 0.25) is 11.7 Å².